The van der Waals surface area contributed by atoms with Crippen LogP contribution in [0.15, 0.2) is 38.6 Å². The molecule has 0 aromatic heterocycles. The van der Waals surface area contributed by atoms with Gasteiger partial charge in [-0.25, -0.2) is 0 Å². The molecular formula is C16H19BrN3O2S+. The summed E-state index contributed by atoms with van der Waals surface area (Å²) in [5.41, 5.74) is 0.998. The highest BCUT2D eigenvalue weighted by molar-refractivity contribution is 9.10. The van der Waals surface area contributed by atoms with Crippen LogP contribution in [0.25, 0.3) is 6.08 Å². The van der Waals surface area contributed by atoms with Gasteiger partial charge in [-0.15, -0.1) is 0 Å². The molecule has 1 saturated heterocycles. The van der Waals surface area contributed by atoms with Gasteiger partial charge in [-0.2, -0.15) is 4.99 Å². The average Bonchev–Trinajstić information content (AvgIpc) is 2.92. The van der Waals surface area contributed by atoms with Gasteiger partial charge in [-0.1, -0.05) is 28.1 Å². The van der Waals surface area contributed by atoms with Gasteiger partial charge in [0.1, 0.15) is 6.54 Å². The van der Waals surface area contributed by atoms with E-state index in [9.17, 15) is 4.79 Å². The van der Waals surface area contributed by atoms with Crippen molar-refractivity contribution in [2.45, 2.75) is 0 Å². The highest BCUT2D eigenvalue weighted by atomic mass is 79.9. The minimum absolute atomic E-state index is 0.155. The van der Waals surface area contributed by atoms with Crippen molar-refractivity contribution in [1.29, 1.82) is 0 Å². The lowest BCUT2D eigenvalue weighted by Crippen LogP contribution is -3.15. The highest BCUT2D eigenvalue weighted by Crippen LogP contribution is 2.30. The van der Waals surface area contributed by atoms with Crippen LogP contribution < -0.4 is 4.90 Å². The van der Waals surface area contributed by atoms with Crippen LogP contribution in [-0.2, 0) is 4.79 Å². The first-order chi connectivity index (χ1) is 11.2. The molecule has 7 heteroatoms. The quantitative estimate of drug-likeness (QED) is 0.735. The van der Waals surface area contributed by atoms with E-state index in [1.54, 1.807) is 0 Å². The number of amides is 1. The Hall–Kier alpha value is -1.15. The molecule has 122 valence electrons. The standard InChI is InChI=1S/C16H18BrN3O2S/c17-13-3-1-12(2-4-13)11-14-15(22)18-16(23-14)20-7-5-19(6-8-20)9-10-21/h1-4,11,21H,5-10H2/p+1/b14-11+. The summed E-state index contributed by atoms with van der Waals surface area (Å²) in [5, 5.41) is 9.81. The van der Waals surface area contributed by atoms with E-state index in [0.717, 1.165) is 47.9 Å². The second kappa shape index (κ2) is 7.61. The predicted octanol–water partition coefficient (Wildman–Crippen LogP) is 0.612. The fraction of sp³-hybridized carbons (Fsp3) is 0.375. The Morgan fingerprint density at radius 3 is 2.65 bits per heavy atom. The Kier molecular flexibility index (Phi) is 5.53. The summed E-state index contributed by atoms with van der Waals surface area (Å²) in [6.45, 7) is 4.71. The van der Waals surface area contributed by atoms with Crippen LogP contribution in [-0.4, -0.2) is 60.4 Å². The molecule has 2 aliphatic heterocycles. The molecule has 0 radical (unpaired) electrons. The van der Waals surface area contributed by atoms with Crippen molar-refractivity contribution < 1.29 is 14.8 Å². The van der Waals surface area contributed by atoms with E-state index in [1.807, 2.05) is 30.3 Å². The van der Waals surface area contributed by atoms with Gasteiger partial charge in [-0.3, -0.25) is 4.79 Å². The number of halogens is 1. The van der Waals surface area contributed by atoms with E-state index >= 15 is 0 Å². The van der Waals surface area contributed by atoms with E-state index in [0.29, 0.717) is 4.91 Å². The third-order valence-corrected chi connectivity index (χ3v) is 5.56. The maximum absolute atomic E-state index is 12.1. The van der Waals surface area contributed by atoms with Gasteiger partial charge in [0.15, 0.2) is 5.17 Å². The van der Waals surface area contributed by atoms with Crippen molar-refractivity contribution >= 4 is 44.8 Å². The molecule has 1 fully saturated rings. The summed E-state index contributed by atoms with van der Waals surface area (Å²) >= 11 is 4.86. The number of hydrogen-bond donors (Lipinski definition) is 2. The molecular weight excluding hydrogens is 378 g/mol. The van der Waals surface area contributed by atoms with Crippen molar-refractivity contribution in [3.8, 4) is 0 Å². The third kappa shape index (κ3) is 4.23. The second-order valence-corrected chi connectivity index (χ2v) is 7.50. The number of aliphatic hydroxyl groups is 1. The van der Waals surface area contributed by atoms with Crippen LogP contribution in [0.4, 0.5) is 0 Å². The normalized spacial score (nSPS) is 21.1. The summed E-state index contributed by atoms with van der Waals surface area (Å²) in [6.07, 6.45) is 1.89. The number of carbonyl (C=O) groups is 1. The number of carbonyl (C=O) groups excluding carboxylic acids is 1. The van der Waals surface area contributed by atoms with E-state index < -0.39 is 0 Å². The summed E-state index contributed by atoms with van der Waals surface area (Å²) in [6, 6.07) is 7.86. The molecule has 23 heavy (non-hydrogen) atoms. The molecule has 0 saturated carbocycles. The van der Waals surface area contributed by atoms with Gasteiger partial charge in [0.25, 0.3) is 5.91 Å². The minimum atomic E-state index is -0.155. The Balaban J connectivity index is 1.63. The molecule has 2 heterocycles. The Morgan fingerprint density at radius 1 is 1.30 bits per heavy atom. The van der Waals surface area contributed by atoms with Crippen molar-refractivity contribution in [3.05, 3.63) is 39.2 Å². The van der Waals surface area contributed by atoms with Gasteiger partial charge in [-0.05, 0) is 35.5 Å². The van der Waals surface area contributed by atoms with Crippen molar-refractivity contribution in [2.75, 3.05) is 39.3 Å². The van der Waals surface area contributed by atoms with Gasteiger partial charge in [0.05, 0.1) is 37.7 Å². The Morgan fingerprint density at radius 2 is 2.00 bits per heavy atom. The molecule has 2 aliphatic rings. The van der Waals surface area contributed by atoms with Crippen LogP contribution in [0.5, 0.6) is 0 Å². The maximum atomic E-state index is 12.1. The monoisotopic (exact) mass is 396 g/mol. The number of benzene rings is 1. The number of quaternary nitrogens is 1. The van der Waals surface area contributed by atoms with E-state index in [-0.39, 0.29) is 12.5 Å². The maximum Gasteiger partial charge on any atom is 0.286 e. The zero-order chi connectivity index (χ0) is 16.2. The van der Waals surface area contributed by atoms with Crippen LogP contribution in [0, 0.1) is 0 Å². The van der Waals surface area contributed by atoms with Crippen molar-refractivity contribution in [1.82, 2.24) is 4.90 Å². The Bertz CT molecular complexity index is 637. The molecule has 2 N–H and O–H groups in total. The molecule has 1 aromatic rings. The molecule has 0 bridgehead atoms. The first kappa shape index (κ1) is 16.7. The molecule has 1 amide bonds. The number of aliphatic imine (C=N–C) groups is 1. The number of aliphatic hydroxyl groups excluding tert-OH is 1. The number of hydrogen-bond acceptors (Lipinski definition) is 4. The second-order valence-electron chi connectivity index (χ2n) is 5.57. The SMILES string of the molecule is O=C1N=C(N2CC[NH+](CCO)CC2)S/C1=C/c1ccc(Br)cc1. The van der Waals surface area contributed by atoms with Gasteiger partial charge >= 0.3 is 0 Å². The smallest absolute Gasteiger partial charge is 0.286 e. The zero-order valence-corrected chi connectivity index (χ0v) is 15.1. The molecule has 0 unspecified atom stereocenters. The van der Waals surface area contributed by atoms with Crippen molar-refractivity contribution in [2.24, 2.45) is 4.99 Å². The van der Waals surface area contributed by atoms with Gasteiger partial charge < -0.3 is 14.9 Å². The van der Waals surface area contributed by atoms with Crippen LogP contribution in [0.1, 0.15) is 5.56 Å². The van der Waals surface area contributed by atoms with Crippen LogP contribution in [0.2, 0.25) is 0 Å². The third-order valence-electron chi connectivity index (χ3n) is 3.98. The number of piperazine rings is 1. The van der Waals surface area contributed by atoms with E-state index in [1.165, 1.54) is 16.7 Å². The lowest BCUT2D eigenvalue weighted by Gasteiger charge is -2.32. The zero-order valence-electron chi connectivity index (χ0n) is 12.7. The van der Waals surface area contributed by atoms with E-state index in [4.69, 9.17) is 5.11 Å². The molecule has 3 rings (SSSR count). The highest BCUT2D eigenvalue weighted by Gasteiger charge is 2.29. The first-order valence-electron chi connectivity index (χ1n) is 7.63. The molecule has 0 spiro atoms. The fourth-order valence-corrected chi connectivity index (χ4v) is 3.90. The number of rotatable bonds is 3. The summed E-state index contributed by atoms with van der Waals surface area (Å²) in [7, 11) is 0. The molecule has 1 aromatic carbocycles. The number of nitrogens with one attached hydrogen (secondary N) is 1. The van der Waals surface area contributed by atoms with Crippen LogP contribution >= 0.6 is 27.7 Å². The Labute approximate surface area is 148 Å². The lowest BCUT2D eigenvalue weighted by molar-refractivity contribution is -0.904. The minimum Gasteiger partial charge on any atom is -0.391 e. The number of nitrogens with zero attached hydrogens (tertiary/aromatic N) is 2. The predicted molar refractivity (Wildman–Crippen MR) is 96.4 cm³/mol. The van der Waals surface area contributed by atoms with Gasteiger partial charge in [0, 0.05) is 4.47 Å². The average molecular weight is 397 g/mol. The summed E-state index contributed by atoms with van der Waals surface area (Å²) in [4.78, 5) is 20.6. The largest absolute Gasteiger partial charge is 0.391 e. The van der Waals surface area contributed by atoms with Gasteiger partial charge in [0.2, 0.25) is 0 Å². The fourth-order valence-electron chi connectivity index (χ4n) is 2.67. The van der Waals surface area contributed by atoms with Crippen LogP contribution in [0.3, 0.4) is 0 Å². The summed E-state index contributed by atoms with van der Waals surface area (Å²) < 4.78 is 1.02. The summed E-state index contributed by atoms with van der Waals surface area (Å²) in [5.74, 6) is -0.155. The lowest BCUT2D eigenvalue weighted by atomic mass is 10.2. The number of amidine groups is 1. The topological polar surface area (TPSA) is 57.3 Å². The van der Waals surface area contributed by atoms with E-state index in [2.05, 4.69) is 25.8 Å². The first-order valence-corrected chi connectivity index (χ1v) is 9.24. The number of thioether (sulfide) groups is 1. The molecule has 5 nitrogen and oxygen atoms in total. The molecule has 0 aliphatic carbocycles. The van der Waals surface area contributed by atoms with Crippen molar-refractivity contribution in [3.63, 3.8) is 0 Å². The molecule has 0 atom stereocenters.